The number of hydrogen-bond donors (Lipinski definition) is 0. The van der Waals surface area contributed by atoms with Crippen LogP contribution in [-0.2, 0) is 17.9 Å². The van der Waals surface area contributed by atoms with Gasteiger partial charge >= 0.3 is 0 Å². The molecular weight excluding hydrogens is 428 g/mol. The van der Waals surface area contributed by atoms with Gasteiger partial charge in [-0.1, -0.05) is 23.8 Å². The van der Waals surface area contributed by atoms with Gasteiger partial charge in [-0.2, -0.15) is 5.10 Å². The van der Waals surface area contributed by atoms with Crippen molar-refractivity contribution in [3.05, 3.63) is 95.5 Å². The Morgan fingerprint density at radius 3 is 2.41 bits per heavy atom. The summed E-state index contributed by atoms with van der Waals surface area (Å²) in [4.78, 5) is 14.8. The molecule has 0 bridgehead atoms. The molecule has 0 spiro atoms. The Balaban J connectivity index is 1.40. The average molecular weight is 455 g/mol. The number of hydrogen-bond acceptors (Lipinski definition) is 4. The molecule has 2 aromatic heterocycles. The van der Waals surface area contributed by atoms with Gasteiger partial charge in [-0.3, -0.25) is 4.79 Å². The van der Waals surface area contributed by atoms with Crippen LogP contribution in [0, 0.1) is 6.92 Å². The zero-order chi connectivity index (χ0) is 23.7. The Bertz CT molecular complexity index is 1350. The lowest BCUT2D eigenvalue weighted by Crippen LogP contribution is -2.24. The molecule has 7 nitrogen and oxygen atoms in total. The summed E-state index contributed by atoms with van der Waals surface area (Å²) < 4.78 is 14.6. The third-order valence-corrected chi connectivity index (χ3v) is 5.99. The van der Waals surface area contributed by atoms with E-state index >= 15 is 0 Å². The van der Waals surface area contributed by atoms with E-state index in [2.05, 4.69) is 35.8 Å². The van der Waals surface area contributed by atoms with E-state index in [9.17, 15) is 4.79 Å². The van der Waals surface area contributed by atoms with Crippen LogP contribution in [0.1, 0.15) is 22.4 Å². The zero-order valence-corrected chi connectivity index (χ0v) is 19.4. The van der Waals surface area contributed by atoms with E-state index in [1.165, 1.54) is 5.56 Å². The number of benzene rings is 2. The second-order valence-corrected chi connectivity index (χ2v) is 8.23. The summed E-state index contributed by atoms with van der Waals surface area (Å²) >= 11 is 0. The minimum absolute atomic E-state index is 0.0619. The quantitative estimate of drug-likeness (QED) is 0.401. The van der Waals surface area contributed by atoms with Gasteiger partial charge in [-0.05, 0) is 55.0 Å². The number of fused-ring (bicyclic) bond motifs is 1. The smallest absolute Gasteiger partial charge is 0.247 e. The fourth-order valence-corrected chi connectivity index (χ4v) is 4.19. The number of methoxy groups -OCH3 is 2. The molecule has 7 heteroatoms. The van der Waals surface area contributed by atoms with Crippen LogP contribution in [0.5, 0.6) is 11.5 Å². The Labute approximate surface area is 198 Å². The van der Waals surface area contributed by atoms with E-state index < -0.39 is 0 Å². The summed E-state index contributed by atoms with van der Waals surface area (Å²) in [5, 5.41) is 4.89. The van der Waals surface area contributed by atoms with Gasteiger partial charge < -0.3 is 18.9 Å². The van der Waals surface area contributed by atoms with Gasteiger partial charge in [-0.15, -0.1) is 0 Å². The SMILES string of the molecule is COc1ccc(/C=C/C(=O)N2Cc3nn(-c4ccc(C)cc4)c(-n4cccc4)c3C2)cc1OC. The van der Waals surface area contributed by atoms with Crippen LogP contribution in [0.2, 0.25) is 0 Å². The fourth-order valence-electron chi connectivity index (χ4n) is 4.19. The van der Waals surface area contributed by atoms with Crippen LogP contribution >= 0.6 is 0 Å². The molecule has 0 saturated carbocycles. The maximum atomic E-state index is 13.0. The summed E-state index contributed by atoms with van der Waals surface area (Å²) in [6.07, 6.45) is 7.39. The highest BCUT2D eigenvalue weighted by atomic mass is 16.5. The number of amides is 1. The summed E-state index contributed by atoms with van der Waals surface area (Å²) in [5.74, 6) is 2.18. The topological polar surface area (TPSA) is 61.5 Å². The maximum absolute atomic E-state index is 13.0. The van der Waals surface area contributed by atoms with Crippen molar-refractivity contribution in [3.8, 4) is 23.0 Å². The Hall–Kier alpha value is -4.26. The van der Waals surface area contributed by atoms with Crippen molar-refractivity contribution in [2.45, 2.75) is 20.0 Å². The molecule has 1 aliphatic heterocycles. The van der Waals surface area contributed by atoms with Gasteiger partial charge in [0.05, 0.1) is 38.7 Å². The lowest BCUT2D eigenvalue weighted by molar-refractivity contribution is -0.126. The van der Waals surface area contributed by atoms with Crippen molar-refractivity contribution in [2.24, 2.45) is 0 Å². The molecule has 0 fully saturated rings. The first-order valence-corrected chi connectivity index (χ1v) is 11.1. The van der Waals surface area contributed by atoms with E-state index in [0.717, 1.165) is 28.3 Å². The van der Waals surface area contributed by atoms with Gasteiger partial charge in [0.15, 0.2) is 11.5 Å². The van der Waals surface area contributed by atoms with Gasteiger partial charge in [0.2, 0.25) is 5.91 Å². The van der Waals surface area contributed by atoms with Crippen LogP contribution in [0.4, 0.5) is 0 Å². The summed E-state index contributed by atoms with van der Waals surface area (Å²) in [6, 6.07) is 17.8. The van der Waals surface area contributed by atoms with E-state index in [0.29, 0.717) is 24.6 Å². The molecule has 1 amide bonds. The first kappa shape index (κ1) is 21.6. The second kappa shape index (κ2) is 8.94. The predicted molar refractivity (Wildman–Crippen MR) is 130 cm³/mol. The highest BCUT2D eigenvalue weighted by Crippen LogP contribution is 2.31. The van der Waals surface area contributed by atoms with Crippen LogP contribution < -0.4 is 9.47 Å². The van der Waals surface area contributed by atoms with Crippen molar-refractivity contribution in [1.29, 1.82) is 0 Å². The molecule has 1 aliphatic rings. The van der Waals surface area contributed by atoms with Crippen LogP contribution in [0.3, 0.4) is 0 Å². The number of carbonyl (C=O) groups excluding carboxylic acids is 1. The number of aromatic nitrogens is 3. The number of rotatable bonds is 6. The minimum Gasteiger partial charge on any atom is -0.493 e. The summed E-state index contributed by atoms with van der Waals surface area (Å²) in [7, 11) is 3.19. The lowest BCUT2D eigenvalue weighted by Gasteiger charge is -2.16. The van der Waals surface area contributed by atoms with Gasteiger partial charge in [-0.25, -0.2) is 4.68 Å². The maximum Gasteiger partial charge on any atom is 0.247 e. The third-order valence-electron chi connectivity index (χ3n) is 5.99. The molecule has 0 N–H and O–H groups in total. The van der Waals surface area contributed by atoms with Crippen molar-refractivity contribution in [1.82, 2.24) is 19.2 Å². The molecular formula is C27H26N4O3. The van der Waals surface area contributed by atoms with Crippen molar-refractivity contribution in [2.75, 3.05) is 14.2 Å². The highest BCUT2D eigenvalue weighted by Gasteiger charge is 2.30. The number of ether oxygens (including phenoxy) is 2. The molecule has 4 aromatic rings. The van der Waals surface area contributed by atoms with E-state index in [4.69, 9.17) is 14.6 Å². The second-order valence-electron chi connectivity index (χ2n) is 8.23. The van der Waals surface area contributed by atoms with Crippen molar-refractivity contribution >= 4 is 12.0 Å². The molecule has 3 heterocycles. The fraction of sp³-hybridized carbons (Fsp3) is 0.185. The first-order chi connectivity index (χ1) is 16.6. The van der Waals surface area contributed by atoms with Crippen molar-refractivity contribution < 1.29 is 14.3 Å². The Kier molecular flexibility index (Phi) is 5.67. The highest BCUT2D eigenvalue weighted by molar-refractivity contribution is 5.92. The zero-order valence-electron chi connectivity index (χ0n) is 19.4. The first-order valence-electron chi connectivity index (χ1n) is 11.1. The van der Waals surface area contributed by atoms with Gasteiger partial charge in [0.1, 0.15) is 5.82 Å². The van der Waals surface area contributed by atoms with Crippen LogP contribution in [0.25, 0.3) is 17.6 Å². The number of carbonyl (C=O) groups is 1. The Morgan fingerprint density at radius 1 is 0.971 bits per heavy atom. The lowest BCUT2D eigenvalue weighted by atomic mass is 10.2. The van der Waals surface area contributed by atoms with Crippen LogP contribution in [-0.4, -0.2) is 39.4 Å². The van der Waals surface area contributed by atoms with Gasteiger partial charge in [0, 0.05) is 24.0 Å². The molecule has 0 unspecified atom stereocenters. The number of nitrogens with zero attached hydrogens (tertiary/aromatic N) is 4. The molecule has 5 rings (SSSR count). The monoisotopic (exact) mass is 454 g/mol. The van der Waals surface area contributed by atoms with E-state index in [-0.39, 0.29) is 5.91 Å². The summed E-state index contributed by atoms with van der Waals surface area (Å²) in [5.41, 5.74) is 5.03. The molecule has 0 atom stereocenters. The largest absolute Gasteiger partial charge is 0.493 e. The normalized spacial score (nSPS) is 12.9. The average Bonchev–Trinajstić information content (AvgIpc) is 3.59. The third kappa shape index (κ3) is 3.96. The van der Waals surface area contributed by atoms with Crippen molar-refractivity contribution in [3.63, 3.8) is 0 Å². The van der Waals surface area contributed by atoms with E-state index in [1.54, 1.807) is 31.3 Å². The molecule has 0 saturated heterocycles. The molecule has 0 radical (unpaired) electrons. The molecule has 2 aromatic carbocycles. The van der Waals surface area contributed by atoms with Gasteiger partial charge in [0.25, 0.3) is 0 Å². The Morgan fingerprint density at radius 2 is 1.71 bits per heavy atom. The predicted octanol–water partition coefficient (Wildman–Crippen LogP) is 4.54. The minimum atomic E-state index is -0.0619. The molecule has 172 valence electrons. The standard InChI is InChI=1S/C27H26N4O3/c1-19-6-10-21(11-7-19)31-27(29-14-4-5-15-29)22-17-30(18-23(22)28-31)26(32)13-9-20-8-12-24(33-2)25(16-20)34-3/h4-16H,17-18H2,1-3H3/b13-9+. The number of aryl methyl sites for hydroxylation is 1. The van der Waals surface area contributed by atoms with Crippen LogP contribution in [0.15, 0.2) is 73.1 Å². The van der Waals surface area contributed by atoms with E-state index in [1.807, 2.05) is 47.4 Å². The molecule has 34 heavy (non-hydrogen) atoms. The summed E-state index contributed by atoms with van der Waals surface area (Å²) in [6.45, 7) is 3.04. The molecule has 0 aliphatic carbocycles.